The summed E-state index contributed by atoms with van der Waals surface area (Å²) >= 11 is 0. The number of carbonyl (C=O) groups is 1. The molecule has 1 saturated carbocycles. The Morgan fingerprint density at radius 3 is 2.44 bits per heavy atom. The molecule has 0 spiro atoms. The van der Waals surface area contributed by atoms with Crippen LogP contribution in [-0.4, -0.2) is 5.78 Å². The lowest BCUT2D eigenvalue weighted by Crippen LogP contribution is -2.04. The van der Waals surface area contributed by atoms with E-state index in [-0.39, 0.29) is 5.78 Å². The number of rotatable bonds is 3. The second kappa shape index (κ2) is 5.64. The van der Waals surface area contributed by atoms with Crippen LogP contribution in [0.4, 0.5) is 0 Å². The van der Waals surface area contributed by atoms with Gasteiger partial charge in [0.25, 0.3) is 0 Å². The van der Waals surface area contributed by atoms with Crippen LogP contribution < -0.4 is 0 Å². The quantitative estimate of drug-likeness (QED) is 0.549. The van der Waals surface area contributed by atoms with Gasteiger partial charge >= 0.3 is 0 Å². The molecule has 1 aromatic carbocycles. The lowest BCUT2D eigenvalue weighted by molar-refractivity contribution is 0.104. The summed E-state index contributed by atoms with van der Waals surface area (Å²) in [5, 5.41) is 0. The number of hydrogen-bond acceptors (Lipinski definition) is 1. The third-order valence-corrected chi connectivity index (χ3v) is 3.23. The van der Waals surface area contributed by atoms with Crippen molar-refractivity contribution >= 4 is 5.78 Å². The Kier molecular flexibility index (Phi) is 3.92. The van der Waals surface area contributed by atoms with E-state index in [1.54, 1.807) is 6.08 Å². The van der Waals surface area contributed by atoms with Crippen molar-refractivity contribution in [3.63, 3.8) is 0 Å². The molecule has 0 bridgehead atoms. The number of ketones is 1. The van der Waals surface area contributed by atoms with Gasteiger partial charge in [-0.1, -0.05) is 55.7 Å². The van der Waals surface area contributed by atoms with Crippen molar-refractivity contribution in [1.82, 2.24) is 0 Å². The Balaban J connectivity index is 1.94. The second-order valence-corrected chi connectivity index (χ2v) is 4.49. The summed E-state index contributed by atoms with van der Waals surface area (Å²) in [7, 11) is 0. The summed E-state index contributed by atoms with van der Waals surface area (Å²) in [6.45, 7) is 0. The normalized spacial score (nSPS) is 17.8. The van der Waals surface area contributed by atoms with Crippen LogP contribution in [-0.2, 0) is 0 Å². The summed E-state index contributed by atoms with van der Waals surface area (Å²) in [6.07, 6.45) is 10.3. The van der Waals surface area contributed by atoms with Crippen LogP contribution in [0.3, 0.4) is 0 Å². The Morgan fingerprint density at radius 1 is 1.06 bits per heavy atom. The molecule has 0 saturated heterocycles. The minimum atomic E-state index is 0.131. The fourth-order valence-electron chi connectivity index (χ4n) is 2.25. The molecule has 0 N–H and O–H groups in total. The third kappa shape index (κ3) is 3.06. The van der Waals surface area contributed by atoms with Crippen molar-refractivity contribution in [2.45, 2.75) is 32.1 Å². The van der Waals surface area contributed by atoms with E-state index in [1.807, 2.05) is 30.3 Å². The van der Waals surface area contributed by atoms with Crippen molar-refractivity contribution in [3.8, 4) is 0 Å². The van der Waals surface area contributed by atoms with E-state index >= 15 is 0 Å². The van der Waals surface area contributed by atoms with E-state index in [0.29, 0.717) is 5.92 Å². The standard InChI is InChI=1S/C15H18O/c16-15(14-9-5-2-6-10-14)12-11-13-7-3-1-4-8-13/h2,5-6,9-13H,1,3-4,7-8H2/b12-11-. The SMILES string of the molecule is O=C(/C=C\C1CCCCC1)c1ccccc1. The Morgan fingerprint density at radius 2 is 1.75 bits per heavy atom. The van der Waals surface area contributed by atoms with Gasteiger partial charge in [-0.25, -0.2) is 0 Å². The maximum atomic E-state index is 11.8. The van der Waals surface area contributed by atoms with Crippen LogP contribution >= 0.6 is 0 Å². The van der Waals surface area contributed by atoms with Gasteiger partial charge in [0, 0.05) is 5.56 Å². The van der Waals surface area contributed by atoms with E-state index in [2.05, 4.69) is 6.08 Å². The predicted octanol–water partition coefficient (Wildman–Crippen LogP) is 4.01. The van der Waals surface area contributed by atoms with Crippen LogP contribution in [0.25, 0.3) is 0 Å². The zero-order valence-corrected chi connectivity index (χ0v) is 9.56. The molecule has 2 rings (SSSR count). The highest BCUT2D eigenvalue weighted by atomic mass is 16.1. The number of hydrogen-bond donors (Lipinski definition) is 0. The average molecular weight is 214 g/mol. The van der Waals surface area contributed by atoms with Crippen molar-refractivity contribution in [2.24, 2.45) is 5.92 Å². The molecule has 0 amide bonds. The van der Waals surface area contributed by atoms with E-state index in [9.17, 15) is 4.79 Å². The van der Waals surface area contributed by atoms with Gasteiger partial charge in [-0.15, -0.1) is 0 Å². The van der Waals surface area contributed by atoms with E-state index in [0.717, 1.165) is 5.56 Å². The van der Waals surface area contributed by atoms with Crippen molar-refractivity contribution in [2.75, 3.05) is 0 Å². The monoisotopic (exact) mass is 214 g/mol. The zero-order chi connectivity index (χ0) is 11.2. The molecule has 0 radical (unpaired) electrons. The van der Waals surface area contributed by atoms with Gasteiger partial charge in [0.2, 0.25) is 0 Å². The van der Waals surface area contributed by atoms with E-state index in [4.69, 9.17) is 0 Å². The Labute approximate surface area is 97.2 Å². The van der Waals surface area contributed by atoms with Crippen LogP contribution in [0.2, 0.25) is 0 Å². The Hall–Kier alpha value is -1.37. The summed E-state index contributed by atoms with van der Waals surface area (Å²) in [6, 6.07) is 9.48. The van der Waals surface area contributed by atoms with Gasteiger partial charge in [-0.05, 0) is 24.8 Å². The summed E-state index contributed by atoms with van der Waals surface area (Å²) in [4.78, 5) is 11.8. The van der Waals surface area contributed by atoms with E-state index < -0.39 is 0 Å². The lowest BCUT2D eigenvalue weighted by Gasteiger charge is -2.17. The van der Waals surface area contributed by atoms with Crippen LogP contribution in [0.1, 0.15) is 42.5 Å². The molecule has 1 aliphatic rings. The molecule has 0 unspecified atom stereocenters. The average Bonchev–Trinajstić information content (AvgIpc) is 2.38. The molecule has 1 nitrogen and oxygen atoms in total. The van der Waals surface area contributed by atoms with Crippen LogP contribution in [0.15, 0.2) is 42.5 Å². The number of carbonyl (C=O) groups excluding carboxylic acids is 1. The van der Waals surface area contributed by atoms with Crippen molar-refractivity contribution < 1.29 is 4.79 Å². The highest BCUT2D eigenvalue weighted by molar-refractivity contribution is 6.04. The molecule has 1 aliphatic carbocycles. The van der Waals surface area contributed by atoms with Gasteiger partial charge < -0.3 is 0 Å². The van der Waals surface area contributed by atoms with Crippen molar-refractivity contribution in [1.29, 1.82) is 0 Å². The highest BCUT2D eigenvalue weighted by Gasteiger charge is 2.10. The molecule has 0 heterocycles. The van der Waals surface area contributed by atoms with E-state index in [1.165, 1.54) is 32.1 Å². The summed E-state index contributed by atoms with van der Waals surface area (Å²) < 4.78 is 0. The fraction of sp³-hybridized carbons (Fsp3) is 0.400. The summed E-state index contributed by atoms with van der Waals surface area (Å²) in [5.74, 6) is 0.757. The molecule has 0 aliphatic heterocycles. The van der Waals surface area contributed by atoms with Crippen LogP contribution in [0.5, 0.6) is 0 Å². The lowest BCUT2D eigenvalue weighted by atomic mass is 9.89. The topological polar surface area (TPSA) is 17.1 Å². The fourth-order valence-corrected chi connectivity index (χ4v) is 2.25. The van der Waals surface area contributed by atoms with Crippen molar-refractivity contribution in [3.05, 3.63) is 48.0 Å². The first kappa shape index (κ1) is 11.1. The molecule has 1 heteroatoms. The smallest absolute Gasteiger partial charge is 0.185 e. The van der Waals surface area contributed by atoms with Gasteiger partial charge in [0.05, 0.1) is 0 Å². The van der Waals surface area contributed by atoms with Gasteiger partial charge in [-0.2, -0.15) is 0 Å². The van der Waals surface area contributed by atoms with Gasteiger partial charge in [0.1, 0.15) is 0 Å². The highest BCUT2D eigenvalue weighted by Crippen LogP contribution is 2.24. The number of allylic oxidation sites excluding steroid dienone is 2. The molecular formula is C15H18O. The third-order valence-electron chi connectivity index (χ3n) is 3.23. The molecule has 84 valence electrons. The zero-order valence-electron chi connectivity index (χ0n) is 9.56. The summed E-state index contributed by atoms with van der Waals surface area (Å²) in [5.41, 5.74) is 0.787. The maximum absolute atomic E-state index is 11.8. The van der Waals surface area contributed by atoms with Gasteiger partial charge in [-0.3, -0.25) is 4.79 Å². The molecular weight excluding hydrogens is 196 g/mol. The van der Waals surface area contributed by atoms with Crippen LogP contribution in [0, 0.1) is 5.92 Å². The molecule has 0 atom stereocenters. The second-order valence-electron chi connectivity index (χ2n) is 4.49. The first-order chi connectivity index (χ1) is 7.86. The first-order valence-electron chi connectivity index (χ1n) is 6.14. The van der Waals surface area contributed by atoms with Gasteiger partial charge in [0.15, 0.2) is 5.78 Å². The molecule has 16 heavy (non-hydrogen) atoms. The Bertz CT molecular complexity index is 358. The number of benzene rings is 1. The largest absolute Gasteiger partial charge is 0.289 e. The predicted molar refractivity (Wildman–Crippen MR) is 66.5 cm³/mol. The minimum Gasteiger partial charge on any atom is -0.289 e. The molecule has 1 aromatic rings. The minimum absolute atomic E-state index is 0.131. The first-order valence-corrected chi connectivity index (χ1v) is 6.14. The molecule has 1 fully saturated rings. The molecule has 0 aromatic heterocycles. The maximum Gasteiger partial charge on any atom is 0.185 e.